The predicted molar refractivity (Wildman–Crippen MR) is 120 cm³/mol. The van der Waals surface area contributed by atoms with Crippen LogP contribution in [0.1, 0.15) is 59.4 Å². The Morgan fingerprint density at radius 3 is 2.39 bits per heavy atom. The molecule has 0 radical (unpaired) electrons. The summed E-state index contributed by atoms with van der Waals surface area (Å²) in [5.41, 5.74) is 0.262. The molecule has 1 heterocycles. The van der Waals surface area contributed by atoms with E-state index in [4.69, 9.17) is 9.47 Å². The number of methoxy groups -OCH3 is 1. The molecule has 6 heteroatoms. The third-order valence-corrected chi connectivity index (χ3v) is 5.30. The van der Waals surface area contributed by atoms with Gasteiger partial charge < -0.3 is 9.47 Å². The topological polar surface area (TPSA) is 72.9 Å². The van der Waals surface area contributed by atoms with Gasteiger partial charge in [-0.25, -0.2) is 14.5 Å². The molecule has 0 unspecified atom stereocenters. The van der Waals surface area contributed by atoms with Crippen LogP contribution in [0.15, 0.2) is 36.4 Å². The number of benzene rings is 1. The van der Waals surface area contributed by atoms with Crippen LogP contribution in [0.3, 0.4) is 0 Å². The molecule has 3 atom stereocenters. The number of hydrogen-bond donors (Lipinski definition) is 0. The third-order valence-electron chi connectivity index (χ3n) is 5.30. The van der Waals surface area contributed by atoms with E-state index in [1.807, 2.05) is 42.5 Å². The zero-order valence-corrected chi connectivity index (χ0v) is 19.5. The summed E-state index contributed by atoms with van der Waals surface area (Å²) >= 11 is 0. The molecular formula is C25H35NO5. The van der Waals surface area contributed by atoms with Gasteiger partial charge in [0, 0.05) is 5.92 Å². The molecule has 1 saturated heterocycles. The fourth-order valence-corrected chi connectivity index (χ4v) is 4.03. The zero-order chi connectivity index (χ0) is 23.2. The standard InChI is InChI=1S/C25H35NO5/c1-17(2)15-19-16-21(23(28)30-6)26(24(29)31-25(3,4)5)22(27)20(19)14-10-13-18-11-8-7-9-12-18/h7-13,17,19-21H,14-16H2,1-6H3/b13-10+/t19-,20+,21-/m1/s1. The highest BCUT2D eigenvalue weighted by atomic mass is 16.6. The molecule has 0 saturated carbocycles. The lowest BCUT2D eigenvalue weighted by atomic mass is 9.75. The lowest BCUT2D eigenvalue weighted by molar-refractivity contribution is -0.159. The molecule has 0 spiro atoms. The number of ether oxygens (including phenoxy) is 2. The van der Waals surface area contributed by atoms with E-state index in [0.717, 1.165) is 16.9 Å². The van der Waals surface area contributed by atoms with Gasteiger partial charge in [0.05, 0.1) is 7.11 Å². The smallest absolute Gasteiger partial charge is 0.417 e. The van der Waals surface area contributed by atoms with E-state index in [1.165, 1.54) is 7.11 Å². The van der Waals surface area contributed by atoms with Gasteiger partial charge >= 0.3 is 12.1 Å². The normalized spacial score (nSPS) is 22.1. The Labute approximate surface area is 185 Å². The van der Waals surface area contributed by atoms with Crippen molar-refractivity contribution in [2.24, 2.45) is 17.8 Å². The molecule has 1 aromatic rings. The Hall–Kier alpha value is -2.63. The molecule has 1 fully saturated rings. The highest BCUT2D eigenvalue weighted by Gasteiger charge is 2.48. The Balaban J connectivity index is 2.33. The van der Waals surface area contributed by atoms with E-state index in [9.17, 15) is 14.4 Å². The van der Waals surface area contributed by atoms with Crippen LogP contribution in [0.4, 0.5) is 4.79 Å². The number of piperidine rings is 1. The monoisotopic (exact) mass is 429 g/mol. The summed E-state index contributed by atoms with van der Waals surface area (Å²) in [4.78, 5) is 39.9. The highest BCUT2D eigenvalue weighted by molar-refractivity contribution is 5.99. The average molecular weight is 430 g/mol. The van der Waals surface area contributed by atoms with Crippen LogP contribution >= 0.6 is 0 Å². The van der Waals surface area contributed by atoms with Gasteiger partial charge in [0.15, 0.2) is 0 Å². The van der Waals surface area contributed by atoms with Crippen LogP contribution in [0.5, 0.6) is 0 Å². The summed E-state index contributed by atoms with van der Waals surface area (Å²) in [6.07, 6.45) is 4.79. The quantitative estimate of drug-likeness (QED) is 0.590. The summed E-state index contributed by atoms with van der Waals surface area (Å²) in [6, 6.07) is 8.88. The van der Waals surface area contributed by atoms with Crippen LogP contribution in [-0.2, 0) is 19.1 Å². The van der Waals surface area contributed by atoms with Crippen molar-refractivity contribution in [3.05, 3.63) is 42.0 Å². The number of likely N-dealkylation sites (tertiary alicyclic amines) is 1. The number of hydrogen-bond acceptors (Lipinski definition) is 5. The van der Waals surface area contributed by atoms with Gasteiger partial charge in [-0.15, -0.1) is 0 Å². The maximum atomic E-state index is 13.5. The minimum atomic E-state index is -0.967. The number of allylic oxidation sites excluding steroid dienone is 1. The summed E-state index contributed by atoms with van der Waals surface area (Å²) in [5.74, 6) is -1.05. The second-order valence-corrected chi connectivity index (χ2v) is 9.51. The molecule has 1 aromatic carbocycles. The largest absolute Gasteiger partial charge is 0.467 e. The van der Waals surface area contributed by atoms with Crippen molar-refractivity contribution < 1.29 is 23.9 Å². The first kappa shape index (κ1) is 24.6. The first-order valence-corrected chi connectivity index (χ1v) is 10.9. The van der Waals surface area contributed by atoms with Crippen molar-refractivity contribution in [1.29, 1.82) is 0 Å². The van der Waals surface area contributed by atoms with Crippen LogP contribution in [-0.4, -0.2) is 41.6 Å². The van der Waals surface area contributed by atoms with Crippen molar-refractivity contribution in [3.8, 4) is 0 Å². The average Bonchev–Trinajstić information content (AvgIpc) is 2.68. The third kappa shape index (κ3) is 6.94. The predicted octanol–water partition coefficient (Wildman–Crippen LogP) is 5.08. The molecule has 170 valence electrons. The van der Waals surface area contributed by atoms with Gasteiger partial charge in [-0.05, 0) is 57.4 Å². The van der Waals surface area contributed by atoms with Crippen molar-refractivity contribution >= 4 is 24.0 Å². The molecular weight excluding hydrogens is 394 g/mol. The molecule has 2 amide bonds. The number of carbonyl (C=O) groups is 3. The van der Waals surface area contributed by atoms with E-state index in [1.54, 1.807) is 20.8 Å². The molecule has 0 aromatic heterocycles. The van der Waals surface area contributed by atoms with E-state index >= 15 is 0 Å². The summed E-state index contributed by atoms with van der Waals surface area (Å²) < 4.78 is 10.4. The van der Waals surface area contributed by atoms with E-state index in [0.29, 0.717) is 18.8 Å². The number of rotatable bonds is 6. The minimum absolute atomic E-state index is 0.0317. The number of amides is 2. The maximum absolute atomic E-state index is 13.5. The molecule has 31 heavy (non-hydrogen) atoms. The lowest BCUT2D eigenvalue weighted by Crippen LogP contribution is -2.58. The molecule has 2 rings (SSSR count). The van der Waals surface area contributed by atoms with Gasteiger partial charge in [0.1, 0.15) is 11.6 Å². The first-order chi connectivity index (χ1) is 14.5. The Morgan fingerprint density at radius 2 is 1.84 bits per heavy atom. The van der Waals surface area contributed by atoms with Gasteiger partial charge in [0.25, 0.3) is 0 Å². The summed E-state index contributed by atoms with van der Waals surface area (Å²) in [7, 11) is 1.27. The molecule has 0 N–H and O–H groups in total. The maximum Gasteiger partial charge on any atom is 0.417 e. The number of nitrogens with zero attached hydrogens (tertiary/aromatic N) is 1. The van der Waals surface area contributed by atoms with E-state index in [2.05, 4.69) is 13.8 Å². The Bertz CT molecular complexity index is 794. The first-order valence-electron chi connectivity index (χ1n) is 10.9. The van der Waals surface area contributed by atoms with Gasteiger partial charge in [-0.1, -0.05) is 56.3 Å². The lowest BCUT2D eigenvalue weighted by Gasteiger charge is -2.41. The van der Waals surface area contributed by atoms with Gasteiger partial charge in [-0.2, -0.15) is 0 Å². The second-order valence-electron chi connectivity index (χ2n) is 9.51. The van der Waals surface area contributed by atoms with Crippen LogP contribution in [0.25, 0.3) is 6.08 Å². The number of esters is 1. The van der Waals surface area contributed by atoms with Crippen molar-refractivity contribution in [1.82, 2.24) is 4.90 Å². The van der Waals surface area contributed by atoms with E-state index < -0.39 is 29.6 Å². The van der Waals surface area contributed by atoms with Crippen molar-refractivity contribution in [2.75, 3.05) is 7.11 Å². The van der Waals surface area contributed by atoms with Crippen molar-refractivity contribution in [3.63, 3.8) is 0 Å². The Morgan fingerprint density at radius 1 is 1.19 bits per heavy atom. The minimum Gasteiger partial charge on any atom is -0.467 e. The molecule has 1 aliphatic rings. The number of imide groups is 1. The van der Waals surface area contributed by atoms with Gasteiger partial charge in [-0.3, -0.25) is 4.79 Å². The second kappa shape index (κ2) is 10.6. The summed E-state index contributed by atoms with van der Waals surface area (Å²) in [5, 5.41) is 0. The Kier molecular flexibility index (Phi) is 8.43. The van der Waals surface area contributed by atoms with Crippen molar-refractivity contribution in [2.45, 2.75) is 65.5 Å². The molecule has 0 bridgehead atoms. The van der Waals surface area contributed by atoms with E-state index in [-0.39, 0.29) is 11.8 Å². The SMILES string of the molecule is COC(=O)[C@H]1C[C@@H](CC(C)C)[C@H](C/C=C/c2ccccc2)C(=O)N1C(=O)OC(C)(C)C. The van der Waals surface area contributed by atoms with Crippen LogP contribution in [0, 0.1) is 17.8 Å². The van der Waals surface area contributed by atoms with Gasteiger partial charge in [0.2, 0.25) is 5.91 Å². The highest BCUT2D eigenvalue weighted by Crippen LogP contribution is 2.37. The fraction of sp³-hybridized carbons (Fsp3) is 0.560. The van der Waals surface area contributed by atoms with Crippen LogP contribution in [0.2, 0.25) is 0 Å². The molecule has 1 aliphatic heterocycles. The summed E-state index contributed by atoms with van der Waals surface area (Å²) in [6.45, 7) is 9.37. The number of carbonyl (C=O) groups excluding carboxylic acids is 3. The van der Waals surface area contributed by atoms with Crippen LogP contribution < -0.4 is 0 Å². The molecule has 6 nitrogen and oxygen atoms in total. The fourth-order valence-electron chi connectivity index (χ4n) is 4.03. The zero-order valence-electron chi connectivity index (χ0n) is 19.5. The molecule has 0 aliphatic carbocycles.